The van der Waals surface area contributed by atoms with Gasteiger partial charge in [0.1, 0.15) is 12.5 Å². The maximum Gasteiger partial charge on any atom is 0.358 e. The number of aromatic nitrogens is 3. The minimum absolute atomic E-state index is 0.227. The molecule has 20 heavy (non-hydrogen) atoms. The predicted octanol–water partition coefficient (Wildman–Crippen LogP) is 1.57. The number of carbonyl (C=O) groups is 1. The van der Waals surface area contributed by atoms with Crippen LogP contribution in [0.3, 0.4) is 0 Å². The minimum Gasteiger partial charge on any atom is -0.464 e. The van der Waals surface area contributed by atoms with Crippen molar-refractivity contribution in [2.24, 2.45) is 0 Å². The van der Waals surface area contributed by atoms with Crippen LogP contribution in [0.25, 0.3) is 5.82 Å². The molecule has 0 radical (unpaired) electrons. The largest absolute Gasteiger partial charge is 0.464 e. The number of ether oxygens (including phenoxy) is 3. The Morgan fingerprint density at radius 1 is 1.30 bits per heavy atom. The monoisotopic (exact) mass is 273 g/mol. The van der Waals surface area contributed by atoms with Crippen LogP contribution in [0.1, 0.15) is 22.3 Å². The van der Waals surface area contributed by atoms with Crippen LogP contribution >= 0.6 is 0 Å². The zero-order valence-corrected chi connectivity index (χ0v) is 10.6. The van der Waals surface area contributed by atoms with E-state index in [1.165, 1.54) is 24.3 Å². The molecule has 2 aromatic rings. The summed E-state index contributed by atoms with van der Waals surface area (Å²) in [5, 5.41) is 4.08. The second-order valence-corrected chi connectivity index (χ2v) is 3.96. The van der Waals surface area contributed by atoms with E-state index in [0.717, 1.165) is 5.56 Å². The van der Waals surface area contributed by atoms with Crippen molar-refractivity contribution >= 4 is 5.97 Å². The maximum absolute atomic E-state index is 11.3. The van der Waals surface area contributed by atoms with Crippen molar-refractivity contribution in [1.29, 1.82) is 0 Å². The molecule has 3 heterocycles. The summed E-state index contributed by atoms with van der Waals surface area (Å²) in [6.45, 7) is 0. The van der Waals surface area contributed by atoms with Gasteiger partial charge in [0, 0.05) is 12.4 Å². The van der Waals surface area contributed by atoms with Crippen molar-refractivity contribution in [3.8, 4) is 5.82 Å². The van der Waals surface area contributed by atoms with Gasteiger partial charge in [-0.2, -0.15) is 5.10 Å². The predicted molar refractivity (Wildman–Crippen MR) is 66.7 cm³/mol. The van der Waals surface area contributed by atoms with E-state index < -0.39 is 12.3 Å². The van der Waals surface area contributed by atoms with Crippen molar-refractivity contribution in [1.82, 2.24) is 14.8 Å². The number of hydrogen-bond acceptors (Lipinski definition) is 6. The van der Waals surface area contributed by atoms with Gasteiger partial charge in [-0.05, 0) is 18.2 Å². The Labute approximate surface area is 114 Å². The molecule has 0 saturated heterocycles. The highest BCUT2D eigenvalue weighted by atomic mass is 16.7. The van der Waals surface area contributed by atoms with E-state index >= 15 is 0 Å². The molecule has 0 aliphatic carbocycles. The number of pyridine rings is 1. The van der Waals surface area contributed by atoms with E-state index in [1.54, 1.807) is 24.5 Å². The Balaban J connectivity index is 1.80. The summed E-state index contributed by atoms with van der Waals surface area (Å²) in [5.74, 6) is 0.0917. The van der Waals surface area contributed by atoms with Crippen LogP contribution in [0.2, 0.25) is 0 Å². The third-order valence-electron chi connectivity index (χ3n) is 2.72. The summed E-state index contributed by atoms with van der Waals surface area (Å²) in [4.78, 5) is 15.6. The van der Waals surface area contributed by atoms with E-state index in [-0.39, 0.29) is 5.69 Å². The Kier molecular flexibility index (Phi) is 3.08. The first-order valence-electron chi connectivity index (χ1n) is 5.84. The average molecular weight is 273 g/mol. The van der Waals surface area contributed by atoms with Crippen LogP contribution in [0.5, 0.6) is 0 Å². The topological polar surface area (TPSA) is 75.5 Å². The smallest absolute Gasteiger partial charge is 0.358 e. The molecule has 0 fully saturated rings. The van der Waals surface area contributed by atoms with Crippen molar-refractivity contribution in [3.63, 3.8) is 0 Å². The van der Waals surface area contributed by atoms with Crippen LogP contribution in [-0.2, 0) is 14.2 Å². The average Bonchev–Trinajstić information content (AvgIpc) is 3.18. The maximum atomic E-state index is 11.3. The quantitative estimate of drug-likeness (QED) is 0.790. The van der Waals surface area contributed by atoms with E-state index in [4.69, 9.17) is 9.47 Å². The lowest BCUT2D eigenvalue weighted by Gasteiger charge is -2.10. The summed E-state index contributed by atoms with van der Waals surface area (Å²) in [5.41, 5.74) is 1.02. The molecule has 0 atom stereocenters. The number of hydrogen-bond donors (Lipinski definition) is 0. The number of nitrogens with zero attached hydrogens (tertiary/aromatic N) is 3. The van der Waals surface area contributed by atoms with Crippen LogP contribution in [0.15, 0.2) is 43.1 Å². The zero-order valence-electron chi connectivity index (χ0n) is 10.6. The fourth-order valence-electron chi connectivity index (χ4n) is 1.73. The lowest BCUT2D eigenvalue weighted by Crippen LogP contribution is -2.05. The summed E-state index contributed by atoms with van der Waals surface area (Å²) < 4.78 is 16.5. The summed E-state index contributed by atoms with van der Waals surface area (Å²) in [6.07, 6.45) is 5.77. The van der Waals surface area contributed by atoms with Gasteiger partial charge >= 0.3 is 5.97 Å². The molecule has 1 aliphatic rings. The standard InChI is InChI=1S/C13H11N3O4/c1-18-12(17)10-4-5-16(15-10)11-3-2-9(8-14-11)13-19-6-7-20-13/h2-8,13H,1H3. The van der Waals surface area contributed by atoms with Gasteiger partial charge in [0.2, 0.25) is 0 Å². The molecule has 1 aliphatic heterocycles. The van der Waals surface area contributed by atoms with Gasteiger partial charge in [-0.3, -0.25) is 0 Å². The normalized spacial score (nSPS) is 13.8. The third kappa shape index (κ3) is 2.20. The van der Waals surface area contributed by atoms with Gasteiger partial charge in [0.15, 0.2) is 11.5 Å². The van der Waals surface area contributed by atoms with Crippen LogP contribution in [0, 0.1) is 0 Å². The van der Waals surface area contributed by atoms with Gasteiger partial charge in [-0.15, -0.1) is 0 Å². The highest BCUT2D eigenvalue weighted by Gasteiger charge is 2.16. The molecule has 2 aromatic heterocycles. The number of rotatable bonds is 3. The molecule has 0 unspecified atom stereocenters. The highest BCUT2D eigenvalue weighted by Crippen LogP contribution is 2.23. The minimum atomic E-state index is -0.487. The van der Waals surface area contributed by atoms with Crippen molar-refractivity contribution < 1.29 is 19.0 Å². The fourth-order valence-corrected chi connectivity index (χ4v) is 1.73. The molecule has 3 rings (SSSR count). The summed E-state index contributed by atoms with van der Waals surface area (Å²) >= 11 is 0. The van der Waals surface area contributed by atoms with Crippen LogP contribution in [-0.4, -0.2) is 27.8 Å². The molecule has 0 bridgehead atoms. The fraction of sp³-hybridized carbons (Fsp3) is 0.154. The van der Waals surface area contributed by atoms with E-state index in [9.17, 15) is 4.79 Å². The molecular formula is C13H11N3O4. The Hall–Kier alpha value is -2.83. The Bertz CT molecular complexity index is 640. The van der Waals surface area contributed by atoms with Crippen molar-refractivity contribution in [2.75, 3.05) is 7.11 Å². The molecule has 0 spiro atoms. The highest BCUT2D eigenvalue weighted by molar-refractivity contribution is 5.86. The second-order valence-electron chi connectivity index (χ2n) is 3.96. The Morgan fingerprint density at radius 3 is 2.75 bits per heavy atom. The summed E-state index contributed by atoms with van der Waals surface area (Å²) in [7, 11) is 1.31. The lowest BCUT2D eigenvalue weighted by atomic mass is 10.3. The first kappa shape index (κ1) is 12.2. The van der Waals surface area contributed by atoms with Crippen LogP contribution in [0.4, 0.5) is 0 Å². The first-order valence-corrected chi connectivity index (χ1v) is 5.84. The SMILES string of the molecule is COC(=O)c1ccn(-c2ccc(C3OC=CO3)cn2)n1. The van der Waals surface area contributed by atoms with Crippen LogP contribution < -0.4 is 0 Å². The van der Waals surface area contributed by atoms with E-state index in [1.807, 2.05) is 6.07 Å². The van der Waals surface area contributed by atoms with E-state index in [0.29, 0.717) is 5.82 Å². The van der Waals surface area contributed by atoms with Gasteiger partial charge in [-0.1, -0.05) is 0 Å². The third-order valence-corrected chi connectivity index (χ3v) is 2.72. The number of methoxy groups -OCH3 is 1. The summed E-state index contributed by atoms with van der Waals surface area (Å²) in [6, 6.07) is 5.14. The van der Waals surface area contributed by atoms with Crippen molar-refractivity contribution in [2.45, 2.75) is 6.29 Å². The van der Waals surface area contributed by atoms with E-state index in [2.05, 4.69) is 14.8 Å². The number of esters is 1. The number of carbonyl (C=O) groups excluding carboxylic acids is 1. The molecule has 7 heteroatoms. The first-order chi connectivity index (χ1) is 9.78. The molecule has 0 aromatic carbocycles. The van der Waals surface area contributed by atoms with Crippen molar-refractivity contribution in [3.05, 3.63) is 54.4 Å². The van der Waals surface area contributed by atoms with Gasteiger partial charge < -0.3 is 14.2 Å². The van der Waals surface area contributed by atoms with Gasteiger partial charge in [0.05, 0.1) is 12.7 Å². The zero-order chi connectivity index (χ0) is 13.9. The molecular weight excluding hydrogens is 262 g/mol. The lowest BCUT2D eigenvalue weighted by molar-refractivity contribution is -0.0248. The Morgan fingerprint density at radius 2 is 2.10 bits per heavy atom. The second kappa shape index (κ2) is 5.04. The van der Waals surface area contributed by atoms with Gasteiger partial charge in [-0.25, -0.2) is 14.5 Å². The van der Waals surface area contributed by atoms with Gasteiger partial charge in [0.25, 0.3) is 6.29 Å². The molecule has 0 saturated carbocycles. The molecule has 0 amide bonds. The molecule has 0 N–H and O–H groups in total. The molecule has 7 nitrogen and oxygen atoms in total. The molecule has 102 valence electrons.